The molecule has 0 atom stereocenters. The zero-order valence-corrected chi connectivity index (χ0v) is 5.30. The SMILES string of the molecule is C=CC(=O)ON.[H-].[H-].[Mg+2]. The smallest absolute Gasteiger partial charge is 1.00 e. The van der Waals surface area contributed by atoms with Gasteiger partial charge in [0, 0.05) is 6.08 Å². The van der Waals surface area contributed by atoms with Gasteiger partial charge in [-0.25, -0.2) is 4.79 Å². The molecule has 2 N–H and O–H groups in total. The summed E-state index contributed by atoms with van der Waals surface area (Å²) in [4.78, 5) is 13.4. The Morgan fingerprint density at radius 2 is 2.43 bits per heavy atom. The van der Waals surface area contributed by atoms with Crippen LogP contribution in [0.3, 0.4) is 0 Å². The number of nitrogens with two attached hydrogens (primary N) is 1. The minimum atomic E-state index is -0.616. The van der Waals surface area contributed by atoms with Crippen LogP contribution >= 0.6 is 0 Å². The summed E-state index contributed by atoms with van der Waals surface area (Å²) in [6.45, 7) is 3.08. The molecule has 0 amide bonds. The van der Waals surface area contributed by atoms with Crippen LogP contribution in [0.25, 0.3) is 0 Å². The molecule has 0 aromatic rings. The summed E-state index contributed by atoms with van der Waals surface area (Å²) in [5, 5.41) is 0. The van der Waals surface area contributed by atoms with E-state index >= 15 is 0 Å². The Morgan fingerprint density at radius 1 is 2.00 bits per heavy atom. The first-order valence-electron chi connectivity index (χ1n) is 1.34. The van der Waals surface area contributed by atoms with E-state index in [9.17, 15) is 4.79 Å². The summed E-state index contributed by atoms with van der Waals surface area (Å²) < 4.78 is 0. The van der Waals surface area contributed by atoms with Gasteiger partial charge in [0.25, 0.3) is 0 Å². The van der Waals surface area contributed by atoms with Gasteiger partial charge in [0.1, 0.15) is 0 Å². The number of carbonyl (C=O) groups excluding carboxylic acids is 1. The van der Waals surface area contributed by atoms with Crippen LogP contribution in [0, 0.1) is 0 Å². The van der Waals surface area contributed by atoms with Gasteiger partial charge in [0.2, 0.25) is 0 Å². The van der Waals surface area contributed by atoms with Crippen LogP contribution in [0.5, 0.6) is 0 Å². The van der Waals surface area contributed by atoms with Crippen LogP contribution in [0.15, 0.2) is 12.7 Å². The second-order valence-electron chi connectivity index (χ2n) is 0.641. The van der Waals surface area contributed by atoms with Crippen molar-refractivity contribution < 1.29 is 12.5 Å². The Bertz CT molecular complexity index is 80.2. The third-order valence-corrected chi connectivity index (χ3v) is 0.283. The van der Waals surface area contributed by atoms with E-state index in [2.05, 4.69) is 17.3 Å². The third kappa shape index (κ3) is 5.94. The first-order chi connectivity index (χ1) is 2.81. The molecule has 0 aromatic heterocycles. The molecule has 0 aliphatic heterocycles. The van der Waals surface area contributed by atoms with Crippen LogP contribution in [0.2, 0.25) is 0 Å². The van der Waals surface area contributed by atoms with Gasteiger partial charge in [-0.05, 0) is 0 Å². The van der Waals surface area contributed by atoms with Crippen molar-refractivity contribution in [3.05, 3.63) is 12.7 Å². The molecular formula is C3H7MgNO2. The van der Waals surface area contributed by atoms with E-state index in [1.807, 2.05) is 0 Å². The van der Waals surface area contributed by atoms with E-state index in [-0.39, 0.29) is 25.9 Å². The summed E-state index contributed by atoms with van der Waals surface area (Å²) >= 11 is 0. The fourth-order valence-electron chi connectivity index (χ4n) is 0.0481. The van der Waals surface area contributed by atoms with Gasteiger partial charge in [-0.2, -0.15) is 5.90 Å². The molecule has 0 saturated carbocycles. The second kappa shape index (κ2) is 5.94. The van der Waals surface area contributed by atoms with E-state index in [4.69, 9.17) is 0 Å². The number of rotatable bonds is 1. The van der Waals surface area contributed by atoms with Gasteiger partial charge in [0.05, 0.1) is 0 Å². The zero-order chi connectivity index (χ0) is 4.99. The largest absolute Gasteiger partial charge is 2.00 e. The monoisotopic (exact) mass is 113 g/mol. The van der Waals surface area contributed by atoms with E-state index in [0.717, 1.165) is 6.08 Å². The molecule has 0 heterocycles. The fourth-order valence-corrected chi connectivity index (χ4v) is 0.0481. The summed E-state index contributed by atoms with van der Waals surface area (Å²) in [5.74, 6) is 3.75. The molecule has 0 bridgehead atoms. The van der Waals surface area contributed by atoms with E-state index in [0.29, 0.717) is 0 Å². The molecule has 0 unspecified atom stereocenters. The molecule has 38 valence electrons. The first kappa shape index (κ1) is 10.0. The number of hydrogen-bond acceptors (Lipinski definition) is 3. The molecular weight excluding hydrogens is 106 g/mol. The van der Waals surface area contributed by atoms with Crippen molar-refractivity contribution in [3.63, 3.8) is 0 Å². The minimum absolute atomic E-state index is 0. The maximum Gasteiger partial charge on any atom is 2.00 e. The molecule has 3 nitrogen and oxygen atoms in total. The second-order valence-corrected chi connectivity index (χ2v) is 0.641. The predicted octanol–water partition coefficient (Wildman–Crippen LogP) is -0.567. The first-order valence-corrected chi connectivity index (χ1v) is 1.34. The van der Waals surface area contributed by atoms with Crippen LogP contribution in [0.1, 0.15) is 2.85 Å². The van der Waals surface area contributed by atoms with Crippen molar-refractivity contribution in [2.24, 2.45) is 5.90 Å². The molecule has 4 heteroatoms. The van der Waals surface area contributed by atoms with Crippen LogP contribution in [0.4, 0.5) is 0 Å². The molecule has 0 aliphatic rings. The van der Waals surface area contributed by atoms with E-state index < -0.39 is 5.97 Å². The molecule has 0 aliphatic carbocycles. The molecule has 0 radical (unpaired) electrons. The van der Waals surface area contributed by atoms with Crippen molar-refractivity contribution in [2.75, 3.05) is 0 Å². The molecule has 0 saturated heterocycles. The van der Waals surface area contributed by atoms with Crippen molar-refractivity contribution in [3.8, 4) is 0 Å². The van der Waals surface area contributed by atoms with Crippen LogP contribution in [-0.2, 0) is 9.63 Å². The summed E-state index contributed by atoms with van der Waals surface area (Å²) in [6, 6.07) is 0. The normalized spacial score (nSPS) is 5.86. The predicted molar refractivity (Wildman–Crippen MR) is 28.5 cm³/mol. The summed E-state index contributed by atoms with van der Waals surface area (Å²) in [5.41, 5.74) is 0. The van der Waals surface area contributed by atoms with Gasteiger partial charge in [-0.1, -0.05) is 6.58 Å². The van der Waals surface area contributed by atoms with E-state index in [1.165, 1.54) is 0 Å². The molecule has 7 heavy (non-hydrogen) atoms. The van der Waals surface area contributed by atoms with Gasteiger partial charge >= 0.3 is 29.0 Å². The quantitative estimate of drug-likeness (QED) is 0.282. The van der Waals surface area contributed by atoms with Gasteiger partial charge in [0.15, 0.2) is 0 Å². The van der Waals surface area contributed by atoms with Crippen molar-refractivity contribution in [2.45, 2.75) is 0 Å². The molecule has 0 spiro atoms. The zero-order valence-electron chi connectivity index (χ0n) is 5.89. The molecule has 0 rings (SSSR count). The summed E-state index contributed by atoms with van der Waals surface area (Å²) in [7, 11) is 0. The van der Waals surface area contributed by atoms with Gasteiger partial charge in [-0.3, -0.25) is 0 Å². The Morgan fingerprint density at radius 3 is 2.43 bits per heavy atom. The van der Waals surface area contributed by atoms with Gasteiger partial charge < -0.3 is 7.69 Å². The van der Waals surface area contributed by atoms with Crippen molar-refractivity contribution in [1.29, 1.82) is 0 Å². The Balaban J connectivity index is -0.0000000417. The van der Waals surface area contributed by atoms with E-state index in [1.54, 1.807) is 0 Å². The van der Waals surface area contributed by atoms with Crippen LogP contribution in [-0.4, -0.2) is 29.0 Å². The standard InChI is InChI=1S/C3H5NO2.Mg.2H/c1-2-3(5)6-4;;;/h2H,1,4H2;;;/q;+2;2*-1. The Hall–Kier alpha value is -0.0638. The minimum Gasteiger partial charge on any atom is -1.00 e. The van der Waals surface area contributed by atoms with Gasteiger partial charge in [-0.15, -0.1) is 0 Å². The molecule has 0 fully saturated rings. The maximum atomic E-state index is 9.72. The molecule has 0 aromatic carbocycles. The number of hydrogen-bond donors (Lipinski definition) is 1. The average molecular weight is 113 g/mol. The van der Waals surface area contributed by atoms with Crippen LogP contribution < -0.4 is 5.90 Å². The topological polar surface area (TPSA) is 52.3 Å². The van der Waals surface area contributed by atoms with Crippen molar-refractivity contribution >= 4 is 29.0 Å². The summed E-state index contributed by atoms with van der Waals surface area (Å²) in [6.07, 6.45) is 0.986. The average Bonchev–Trinajstić information content (AvgIpc) is 1.65. The Labute approximate surface area is 60.6 Å². The number of carbonyl (C=O) groups is 1. The van der Waals surface area contributed by atoms with Crippen molar-refractivity contribution in [1.82, 2.24) is 0 Å². The Kier molecular flexibility index (Phi) is 8.51. The fraction of sp³-hybridized carbons (Fsp3) is 0. The maximum absolute atomic E-state index is 9.72. The third-order valence-electron chi connectivity index (χ3n) is 0.283.